The summed E-state index contributed by atoms with van der Waals surface area (Å²) >= 11 is 0. The van der Waals surface area contributed by atoms with Crippen LogP contribution in [0.1, 0.15) is 34.9 Å². The van der Waals surface area contributed by atoms with Crippen LogP contribution < -0.4 is 10.3 Å². The summed E-state index contributed by atoms with van der Waals surface area (Å²) in [6.45, 7) is 1.60. The molecular formula is C16H18N2O3. The summed E-state index contributed by atoms with van der Waals surface area (Å²) in [7, 11) is 3.83. The van der Waals surface area contributed by atoms with Gasteiger partial charge in [-0.05, 0) is 38.0 Å². The fraction of sp³-hybridized carbons (Fsp3) is 0.375. The minimum Gasteiger partial charge on any atom is -0.477 e. The number of hydrogen-bond donors (Lipinski definition) is 1. The maximum atomic E-state index is 12.5. The molecular weight excluding hydrogens is 268 g/mol. The van der Waals surface area contributed by atoms with E-state index in [1.54, 1.807) is 6.92 Å². The highest BCUT2D eigenvalue weighted by molar-refractivity contribution is 5.93. The van der Waals surface area contributed by atoms with Gasteiger partial charge in [0.25, 0.3) is 0 Å². The normalized spacial score (nSPS) is 14.4. The molecule has 5 nitrogen and oxygen atoms in total. The van der Waals surface area contributed by atoms with Crippen molar-refractivity contribution in [1.82, 2.24) is 4.57 Å². The number of nitrogens with zero attached hydrogens (tertiary/aromatic N) is 2. The molecule has 0 bridgehead atoms. The maximum Gasteiger partial charge on any atom is 0.352 e. The van der Waals surface area contributed by atoms with Crippen LogP contribution >= 0.6 is 0 Å². The van der Waals surface area contributed by atoms with Gasteiger partial charge in [-0.3, -0.25) is 4.79 Å². The molecule has 1 heterocycles. The van der Waals surface area contributed by atoms with Crippen LogP contribution in [0.15, 0.2) is 23.0 Å². The second kappa shape index (κ2) is 4.62. The van der Waals surface area contributed by atoms with Gasteiger partial charge in [0.05, 0.1) is 5.52 Å². The SMILES string of the molecule is Cc1c(C(=O)O)n(C2CC2)c2ccc(N(C)C)cc2c1=O. The van der Waals surface area contributed by atoms with E-state index in [-0.39, 0.29) is 17.2 Å². The van der Waals surface area contributed by atoms with Gasteiger partial charge in [-0.1, -0.05) is 0 Å². The highest BCUT2D eigenvalue weighted by Crippen LogP contribution is 2.39. The average Bonchev–Trinajstić information content (AvgIpc) is 3.25. The Kier molecular flexibility index (Phi) is 3.01. The van der Waals surface area contributed by atoms with Crippen LogP contribution in [0.5, 0.6) is 0 Å². The van der Waals surface area contributed by atoms with E-state index in [2.05, 4.69) is 0 Å². The second-order valence-electron chi connectivity index (χ2n) is 5.80. The summed E-state index contributed by atoms with van der Waals surface area (Å²) in [6, 6.07) is 5.82. The molecule has 1 aliphatic carbocycles. The van der Waals surface area contributed by atoms with Crippen molar-refractivity contribution >= 4 is 22.6 Å². The Labute approximate surface area is 122 Å². The molecule has 5 heteroatoms. The Balaban J connectivity index is 2.43. The molecule has 110 valence electrons. The van der Waals surface area contributed by atoms with E-state index in [9.17, 15) is 14.7 Å². The number of anilines is 1. The number of hydrogen-bond acceptors (Lipinski definition) is 3. The first kappa shape index (κ1) is 13.7. The van der Waals surface area contributed by atoms with E-state index >= 15 is 0 Å². The van der Waals surface area contributed by atoms with E-state index < -0.39 is 5.97 Å². The van der Waals surface area contributed by atoms with E-state index in [4.69, 9.17) is 0 Å². The summed E-state index contributed by atoms with van der Waals surface area (Å²) in [5.41, 5.74) is 1.91. The minimum absolute atomic E-state index is 0.132. The van der Waals surface area contributed by atoms with Gasteiger partial charge in [0.2, 0.25) is 0 Å². The number of carbonyl (C=O) groups is 1. The third-order valence-electron chi connectivity index (χ3n) is 4.05. The molecule has 0 radical (unpaired) electrons. The van der Waals surface area contributed by atoms with E-state index in [1.165, 1.54) is 0 Å². The summed E-state index contributed by atoms with van der Waals surface area (Å²) in [4.78, 5) is 26.0. The molecule has 21 heavy (non-hydrogen) atoms. The molecule has 1 aromatic heterocycles. The molecule has 1 aliphatic rings. The van der Waals surface area contributed by atoms with Crippen molar-refractivity contribution < 1.29 is 9.90 Å². The smallest absolute Gasteiger partial charge is 0.352 e. The molecule has 1 aromatic carbocycles. The lowest BCUT2D eigenvalue weighted by Crippen LogP contribution is -2.22. The second-order valence-corrected chi connectivity index (χ2v) is 5.80. The first-order chi connectivity index (χ1) is 9.91. The minimum atomic E-state index is -1.03. The highest BCUT2D eigenvalue weighted by atomic mass is 16.4. The van der Waals surface area contributed by atoms with Crippen LogP contribution in [0.25, 0.3) is 10.9 Å². The molecule has 0 amide bonds. The molecule has 3 rings (SSSR count). The van der Waals surface area contributed by atoms with Crippen molar-refractivity contribution in [2.24, 2.45) is 0 Å². The fourth-order valence-corrected chi connectivity index (χ4v) is 2.78. The van der Waals surface area contributed by atoms with Crippen LogP contribution in [-0.4, -0.2) is 29.7 Å². The zero-order valence-electron chi connectivity index (χ0n) is 12.4. The number of carboxylic acid groups (broad SMARTS) is 1. The Morgan fingerprint density at radius 2 is 2.00 bits per heavy atom. The van der Waals surface area contributed by atoms with Gasteiger partial charge in [-0.25, -0.2) is 4.79 Å². The lowest BCUT2D eigenvalue weighted by atomic mass is 10.1. The summed E-state index contributed by atoms with van der Waals surface area (Å²) < 4.78 is 1.83. The van der Waals surface area contributed by atoms with Crippen LogP contribution in [0.4, 0.5) is 5.69 Å². The number of pyridine rings is 1. The van der Waals surface area contributed by atoms with Crippen molar-refractivity contribution in [3.8, 4) is 0 Å². The topological polar surface area (TPSA) is 62.5 Å². The number of carboxylic acids is 1. The standard InChI is InChI=1S/C16H18N2O3/c1-9-14(16(20)21)18(10-4-5-10)13-7-6-11(17(2)3)8-12(13)15(9)19/h6-8,10H,4-5H2,1-3H3,(H,20,21). The molecule has 1 fully saturated rings. The predicted octanol–water partition coefficient (Wildman–Crippen LogP) is 2.41. The molecule has 1 saturated carbocycles. The van der Waals surface area contributed by atoms with Crippen LogP contribution in [0.3, 0.4) is 0 Å². The zero-order chi connectivity index (χ0) is 15.3. The van der Waals surface area contributed by atoms with Crippen molar-refractivity contribution in [3.63, 3.8) is 0 Å². The molecule has 0 unspecified atom stereocenters. The maximum absolute atomic E-state index is 12.5. The van der Waals surface area contributed by atoms with Gasteiger partial charge in [0.1, 0.15) is 5.69 Å². The number of benzene rings is 1. The average molecular weight is 286 g/mol. The van der Waals surface area contributed by atoms with Gasteiger partial charge < -0.3 is 14.6 Å². The van der Waals surface area contributed by atoms with Crippen LogP contribution in [0.2, 0.25) is 0 Å². The predicted molar refractivity (Wildman–Crippen MR) is 82.5 cm³/mol. The number of rotatable bonds is 3. The van der Waals surface area contributed by atoms with Crippen LogP contribution in [0, 0.1) is 6.92 Å². The van der Waals surface area contributed by atoms with Crippen molar-refractivity contribution in [2.45, 2.75) is 25.8 Å². The van der Waals surface area contributed by atoms with Gasteiger partial charge in [-0.15, -0.1) is 0 Å². The Bertz CT molecular complexity index is 801. The first-order valence-corrected chi connectivity index (χ1v) is 7.01. The van der Waals surface area contributed by atoms with Gasteiger partial charge in [0.15, 0.2) is 5.43 Å². The molecule has 2 aromatic rings. The Morgan fingerprint density at radius 1 is 1.33 bits per heavy atom. The number of aromatic carboxylic acids is 1. The van der Waals surface area contributed by atoms with E-state index in [1.807, 2.05) is 41.8 Å². The van der Waals surface area contributed by atoms with Gasteiger partial charge >= 0.3 is 5.97 Å². The Hall–Kier alpha value is -2.30. The van der Waals surface area contributed by atoms with Crippen molar-refractivity contribution in [2.75, 3.05) is 19.0 Å². The fourth-order valence-electron chi connectivity index (χ4n) is 2.78. The third kappa shape index (κ3) is 2.09. The lowest BCUT2D eigenvalue weighted by molar-refractivity contribution is 0.0683. The number of fused-ring (bicyclic) bond motifs is 1. The number of aromatic nitrogens is 1. The summed E-state index contributed by atoms with van der Waals surface area (Å²) in [5.74, 6) is -1.03. The molecule has 1 N–H and O–H groups in total. The summed E-state index contributed by atoms with van der Waals surface area (Å²) in [5, 5.41) is 10.1. The zero-order valence-corrected chi connectivity index (χ0v) is 12.4. The van der Waals surface area contributed by atoms with Crippen molar-refractivity contribution in [1.29, 1.82) is 0 Å². The highest BCUT2D eigenvalue weighted by Gasteiger charge is 2.30. The lowest BCUT2D eigenvalue weighted by Gasteiger charge is -2.18. The largest absolute Gasteiger partial charge is 0.477 e. The monoisotopic (exact) mass is 286 g/mol. The molecule has 0 aliphatic heterocycles. The molecule has 0 spiro atoms. The Morgan fingerprint density at radius 3 is 2.52 bits per heavy atom. The van der Waals surface area contributed by atoms with Gasteiger partial charge in [0, 0.05) is 36.8 Å². The molecule has 0 saturated heterocycles. The molecule has 0 atom stereocenters. The first-order valence-electron chi connectivity index (χ1n) is 7.01. The van der Waals surface area contributed by atoms with Crippen LogP contribution in [-0.2, 0) is 0 Å². The van der Waals surface area contributed by atoms with E-state index in [0.717, 1.165) is 24.0 Å². The quantitative estimate of drug-likeness (QED) is 0.941. The third-order valence-corrected chi connectivity index (χ3v) is 4.05. The van der Waals surface area contributed by atoms with Crippen molar-refractivity contribution in [3.05, 3.63) is 39.7 Å². The van der Waals surface area contributed by atoms with E-state index in [0.29, 0.717) is 10.9 Å². The van der Waals surface area contributed by atoms with Gasteiger partial charge in [-0.2, -0.15) is 0 Å². The summed E-state index contributed by atoms with van der Waals surface area (Å²) in [6.07, 6.45) is 1.93.